The van der Waals surface area contributed by atoms with Crippen LogP contribution in [0.5, 0.6) is 0 Å². The van der Waals surface area contributed by atoms with Crippen LogP contribution >= 0.6 is 11.6 Å². The summed E-state index contributed by atoms with van der Waals surface area (Å²) in [6.07, 6.45) is -0.127. The van der Waals surface area contributed by atoms with E-state index in [1.807, 2.05) is 0 Å². The lowest BCUT2D eigenvalue weighted by molar-refractivity contribution is -0.136. The number of halogens is 1. The summed E-state index contributed by atoms with van der Waals surface area (Å²) < 4.78 is 24.5. The molecular weight excluding hydrogens is 312 g/mol. The van der Waals surface area contributed by atoms with Crippen LogP contribution in [0.2, 0.25) is 5.02 Å². The van der Waals surface area contributed by atoms with Crippen molar-refractivity contribution in [3.63, 3.8) is 0 Å². The Labute approximate surface area is 127 Å². The van der Waals surface area contributed by atoms with Gasteiger partial charge < -0.3 is 5.11 Å². The number of rotatable bonds is 5. The first-order valence-corrected chi connectivity index (χ1v) is 8.18. The number of hydrogen-bond acceptors (Lipinski definition) is 3. The Kier molecular flexibility index (Phi) is 4.65. The molecule has 0 saturated carbocycles. The molecule has 0 aliphatic rings. The van der Waals surface area contributed by atoms with Crippen LogP contribution in [-0.2, 0) is 26.8 Å². The quantitative estimate of drug-likeness (QED) is 0.918. The molecule has 4 nitrogen and oxygen atoms in total. The molecule has 0 radical (unpaired) electrons. The molecule has 0 aliphatic carbocycles. The first kappa shape index (κ1) is 15.5. The van der Waals surface area contributed by atoms with Crippen molar-refractivity contribution in [2.24, 2.45) is 0 Å². The maximum absolute atomic E-state index is 12.3. The molecule has 2 aromatic rings. The molecule has 0 bridgehead atoms. The Balaban J connectivity index is 2.19. The van der Waals surface area contributed by atoms with Gasteiger partial charge in [0.15, 0.2) is 9.84 Å². The van der Waals surface area contributed by atoms with Gasteiger partial charge in [0.1, 0.15) is 0 Å². The fraction of sp³-hybridized carbons (Fsp3) is 0.133. The van der Waals surface area contributed by atoms with Crippen LogP contribution in [0.3, 0.4) is 0 Å². The molecule has 0 unspecified atom stereocenters. The van der Waals surface area contributed by atoms with Crippen LogP contribution in [0.4, 0.5) is 0 Å². The van der Waals surface area contributed by atoms with Crippen LogP contribution in [0.1, 0.15) is 11.1 Å². The number of carbonyl (C=O) groups is 1. The molecule has 2 rings (SSSR count). The Morgan fingerprint density at radius 2 is 1.48 bits per heavy atom. The minimum Gasteiger partial charge on any atom is -0.481 e. The smallest absolute Gasteiger partial charge is 0.307 e. The molecular formula is C15H13ClO4S. The molecule has 0 saturated heterocycles. The largest absolute Gasteiger partial charge is 0.481 e. The van der Waals surface area contributed by atoms with E-state index in [1.165, 1.54) is 24.3 Å². The first-order valence-electron chi connectivity index (χ1n) is 6.15. The number of carboxylic acids is 1. The third kappa shape index (κ3) is 4.31. The zero-order valence-corrected chi connectivity index (χ0v) is 12.6. The van der Waals surface area contributed by atoms with E-state index in [1.54, 1.807) is 24.3 Å². The predicted molar refractivity (Wildman–Crippen MR) is 80.1 cm³/mol. The second kappa shape index (κ2) is 6.28. The van der Waals surface area contributed by atoms with Gasteiger partial charge in [-0.1, -0.05) is 35.9 Å². The molecule has 0 heterocycles. The second-order valence-electron chi connectivity index (χ2n) is 4.60. The van der Waals surface area contributed by atoms with Crippen molar-refractivity contribution in [3.05, 3.63) is 64.7 Å². The average molecular weight is 325 g/mol. The van der Waals surface area contributed by atoms with Crippen LogP contribution in [0.25, 0.3) is 0 Å². The number of carboxylic acid groups (broad SMARTS) is 1. The standard InChI is InChI=1S/C15H13ClO4S/c16-13-5-1-12(2-6-13)10-21(19,20)14-7-3-11(4-8-14)9-15(17)18/h1-8H,9-10H2,(H,17,18). The lowest BCUT2D eigenvalue weighted by Crippen LogP contribution is -2.06. The van der Waals surface area contributed by atoms with E-state index < -0.39 is 15.8 Å². The van der Waals surface area contributed by atoms with Gasteiger partial charge in [-0.25, -0.2) is 8.42 Å². The van der Waals surface area contributed by atoms with Crippen molar-refractivity contribution in [2.75, 3.05) is 0 Å². The molecule has 0 aliphatic heterocycles. The highest BCUT2D eigenvalue weighted by atomic mass is 35.5. The zero-order chi connectivity index (χ0) is 15.5. The van der Waals surface area contributed by atoms with Gasteiger partial charge >= 0.3 is 5.97 Å². The topological polar surface area (TPSA) is 71.4 Å². The summed E-state index contributed by atoms with van der Waals surface area (Å²) in [6.45, 7) is 0. The number of aliphatic carboxylic acids is 1. The van der Waals surface area contributed by atoms with Gasteiger partial charge in [-0.3, -0.25) is 4.79 Å². The second-order valence-corrected chi connectivity index (χ2v) is 7.03. The van der Waals surface area contributed by atoms with Gasteiger partial charge in [-0.2, -0.15) is 0 Å². The Morgan fingerprint density at radius 1 is 0.952 bits per heavy atom. The molecule has 21 heavy (non-hydrogen) atoms. The van der Waals surface area contributed by atoms with Gasteiger partial charge in [-0.05, 0) is 35.4 Å². The van der Waals surface area contributed by atoms with E-state index in [-0.39, 0.29) is 17.1 Å². The zero-order valence-electron chi connectivity index (χ0n) is 11.0. The molecule has 6 heteroatoms. The highest BCUT2D eigenvalue weighted by Crippen LogP contribution is 2.18. The van der Waals surface area contributed by atoms with Gasteiger partial charge in [0, 0.05) is 5.02 Å². The van der Waals surface area contributed by atoms with Crippen LogP contribution in [0, 0.1) is 0 Å². The molecule has 0 atom stereocenters. The molecule has 2 aromatic carbocycles. The van der Waals surface area contributed by atoms with Crippen molar-refractivity contribution < 1.29 is 18.3 Å². The molecule has 0 spiro atoms. The van der Waals surface area contributed by atoms with Gasteiger partial charge in [0.05, 0.1) is 17.1 Å². The molecule has 0 amide bonds. The van der Waals surface area contributed by atoms with E-state index in [9.17, 15) is 13.2 Å². The normalized spacial score (nSPS) is 11.3. The molecule has 0 fully saturated rings. The monoisotopic (exact) mass is 324 g/mol. The van der Waals surface area contributed by atoms with Crippen molar-refractivity contribution in [1.82, 2.24) is 0 Å². The maximum Gasteiger partial charge on any atom is 0.307 e. The van der Waals surface area contributed by atoms with Crippen LogP contribution in [-0.4, -0.2) is 19.5 Å². The van der Waals surface area contributed by atoms with Crippen LogP contribution in [0.15, 0.2) is 53.4 Å². The van der Waals surface area contributed by atoms with Crippen molar-refractivity contribution in [1.29, 1.82) is 0 Å². The minimum absolute atomic E-state index is 0.123. The lowest BCUT2D eigenvalue weighted by atomic mass is 10.2. The lowest BCUT2D eigenvalue weighted by Gasteiger charge is -2.06. The number of sulfone groups is 1. The van der Waals surface area contributed by atoms with Gasteiger partial charge in [0.25, 0.3) is 0 Å². The maximum atomic E-state index is 12.3. The summed E-state index contributed by atoms with van der Waals surface area (Å²) in [5, 5.41) is 9.23. The minimum atomic E-state index is -3.46. The Hall–Kier alpha value is -1.85. The highest BCUT2D eigenvalue weighted by Gasteiger charge is 2.15. The summed E-state index contributed by atoms with van der Waals surface area (Å²) in [4.78, 5) is 10.8. The molecule has 0 aromatic heterocycles. The Bertz CT molecular complexity index is 734. The number of hydrogen-bond donors (Lipinski definition) is 1. The van der Waals surface area contributed by atoms with E-state index >= 15 is 0 Å². The summed E-state index contributed by atoms with van der Waals surface area (Å²) in [5.41, 5.74) is 1.21. The van der Waals surface area contributed by atoms with Gasteiger partial charge in [0.2, 0.25) is 0 Å². The SMILES string of the molecule is O=C(O)Cc1ccc(S(=O)(=O)Cc2ccc(Cl)cc2)cc1. The molecule has 1 N–H and O–H groups in total. The average Bonchev–Trinajstić information content (AvgIpc) is 2.41. The summed E-state index contributed by atoms with van der Waals surface area (Å²) in [6, 6.07) is 12.5. The number of benzene rings is 2. The van der Waals surface area contributed by atoms with E-state index in [4.69, 9.17) is 16.7 Å². The molecule has 110 valence electrons. The Morgan fingerprint density at radius 3 is 2.00 bits per heavy atom. The van der Waals surface area contributed by atoms with E-state index in [0.29, 0.717) is 16.1 Å². The third-order valence-corrected chi connectivity index (χ3v) is 4.86. The van der Waals surface area contributed by atoms with Crippen molar-refractivity contribution in [2.45, 2.75) is 17.1 Å². The van der Waals surface area contributed by atoms with Crippen molar-refractivity contribution in [3.8, 4) is 0 Å². The predicted octanol–water partition coefficient (Wildman–Crippen LogP) is 2.94. The third-order valence-electron chi connectivity index (χ3n) is 2.91. The van der Waals surface area contributed by atoms with Crippen molar-refractivity contribution >= 4 is 27.4 Å². The van der Waals surface area contributed by atoms with Crippen LogP contribution < -0.4 is 0 Å². The van der Waals surface area contributed by atoms with E-state index in [2.05, 4.69) is 0 Å². The fourth-order valence-electron chi connectivity index (χ4n) is 1.87. The highest BCUT2D eigenvalue weighted by molar-refractivity contribution is 7.90. The summed E-state index contributed by atoms with van der Waals surface area (Å²) >= 11 is 5.76. The first-order chi connectivity index (χ1) is 9.87. The summed E-state index contributed by atoms with van der Waals surface area (Å²) in [7, 11) is -3.46. The summed E-state index contributed by atoms with van der Waals surface area (Å²) in [5.74, 6) is -1.07. The van der Waals surface area contributed by atoms with E-state index in [0.717, 1.165) is 0 Å². The fourth-order valence-corrected chi connectivity index (χ4v) is 3.35. The van der Waals surface area contributed by atoms with Gasteiger partial charge in [-0.15, -0.1) is 0 Å².